The Morgan fingerprint density at radius 3 is 1.11 bits per heavy atom. The van der Waals surface area contributed by atoms with Gasteiger partial charge in [0.25, 0.3) is 0 Å². The number of rotatable bonds is 9. The van der Waals surface area contributed by atoms with E-state index in [0.29, 0.717) is 63.1 Å². The monoisotopic (exact) mass is 1700 g/mol. The normalized spacial score (nSPS) is 12.4. The van der Waals surface area contributed by atoms with E-state index in [0.717, 1.165) is 228 Å². The van der Waals surface area contributed by atoms with E-state index in [1.165, 1.54) is 4.70 Å². The van der Waals surface area contributed by atoms with Crippen molar-refractivity contribution in [2.24, 2.45) is 0 Å². The van der Waals surface area contributed by atoms with Gasteiger partial charge in [-0.25, -0.2) is 9.97 Å². The lowest BCUT2D eigenvalue weighted by atomic mass is 9.92. The van der Waals surface area contributed by atoms with E-state index in [4.69, 9.17) is 43.2 Å². The van der Waals surface area contributed by atoms with Gasteiger partial charge in [-0.15, -0.1) is 11.3 Å². The zero-order chi connectivity index (χ0) is 85.8. The molecule has 10 aromatic heterocycles. The molecule has 30 aromatic rings. The summed E-state index contributed by atoms with van der Waals surface area (Å²) in [6.07, 6.45) is 0. The topological polar surface area (TPSA) is 136 Å². The van der Waals surface area contributed by atoms with E-state index in [-0.39, 0.29) is 0 Å². The quantitative estimate of drug-likeness (QED) is 0.138. The van der Waals surface area contributed by atoms with Gasteiger partial charge in [0.2, 0.25) is 11.9 Å². The van der Waals surface area contributed by atoms with Crippen LogP contribution in [0.1, 0.15) is 0 Å². The molecule has 13 nitrogen and oxygen atoms in total. The van der Waals surface area contributed by atoms with Crippen LogP contribution >= 0.6 is 11.3 Å². The third-order valence-electron chi connectivity index (χ3n) is 27.6. The van der Waals surface area contributed by atoms with Gasteiger partial charge in [0.15, 0.2) is 23.3 Å². The van der Waals surface area contributed by atoms with E-state index >= 15 is 0 Å². The van der Waals surface area contributed by atoms with Gasteiger partial charge in [0.05, 0.1) is 66.6 Å². The summed E-state index contributed by atoms with van der Waals surface area (Å²) in [5.41, 5.74) is 18.7. The Bertz CT molecular complexity index is 10300. The van der Waals surface area contributed by atoms with Gasteiger partial charge in [0.1, 0.15) is 33.5 Å². The summed E-state index contributed by atoms with van der Waals surface area (Å²) in [6.45, 7) is 0. The molecule has 0 fully saturated rings. The van der Waals surface area contributed by atoms with Crippen molar-refractivity contribution in [2.75, 3.05) is 0 Å². The van der Waals surface area contributed by atoms with Crippen molar-refractivity contribution in [3.63, 3.8) is 0 Å². The van der Waals surface area contributed by atoms with Crippen molar-refractivity contribution in [1.29, 1.82) is 0 Å². The number of aromatic nitrogens is 10. The molecule has 610 valence electrons. The van der Waals surface area contributed by atoms with Crippen molar-refractivity contribution >= 4 is 228 Å². The SMILES string of the molecule is c1ccc2cc3c(cc2c1)c1ccccc1n3-c1ccc2oc3c(-c4cccc5c4oc4cccc(-c6nc(-c7c(-n8c9ccccc9c9cc%10ccccc%10cc98)ccc8oc9c%10ccccc%10ccc9c78)nc(-n7c8ccccc8c8ccccc87)n6)c45)c4ccccc4cc3c2c1-c1nc(-c2cccc3sc4ccccc4c23)nc(-n2c3ccccc3c3ccccc32)n1. The lowest BCUT2D eigenvalue weighted by Gasteiger charge is -2.17. The molecular weight excluding hydrogens is 1640 g/mol. The Morgan fingerprint density at radius 2 is 0.561 bits per heavy atom. The van der Waals surface area contributed by atoms with E-state index in [1.54, 1.807) is 11.3 Å². The average Bonchev–Trinajstić information content (AvgIpc) is 1.55. The highest BCUT2D eigenvalue weighted by molar-refractivity contribution is 7.26. The molecule has 0 amide bonds. The first-order valence-electron chi connectivity index (χ1n) is 44.5. The second kappa shape index (κ2) is 26.9. The molecule has 132 heavy (non-hydrogen) atoms. The van der Waals surface area contributed by atoms with Gasteiger partial charge >= 0.3 is 0 Å². The predicted octanol–water partition coefficient (Wildman–Crippen LogP) is 31.5. The van der Waals surface area contributed by atoms with E-state index in [9.17, 15) is 0 Å². The largest absolute Gasteiger partial charge is 0.455 e. The molecule has 20 aromatic carbocycles. The summed E-state index contributed by atoms with van der Waals surface area (Å²) in [4.78, 5) is 35.4. The molecule has 0 aliphatic rings. The minimum absolute atomic E-state index is 0.439. The fraction of sp³-hybridized carbons (Fsp3) is 0. The first-order valence-corrected chi connectivity index (χ1v) is 45.3. The molecular formula is C118H64N10O3S. The number of hydrogen-bond acceptors (Lipinski definition) is 10. The van der Waals surface area contributed by atoms with Crippen LogP contribution in [-0.4, -0.2) is 48.2 Å². The summed E-state index contributed by atoms with van der Waals surface area (Å²) in [6, 6.07) is 139. The molecule has 0 atom stereocenters. The number of furan rings is 3. The predicted molar refractivity (Wildman–Crippen MR) is 542 cm³/mol. The van der Waals surface area contributed by atoms with Gasteiger partial charge in [0, 0.05) is 123 Å². The van der Waals surface area contributed by atoms with Gasteiger partial charge in [-0.1, -0.05) is 273 Å². The molecule has 10 heterocycles. The van der Waals surface area contributed by atoms with E-state index in [2.05, 4.69) is 407 Å². The summed E-state index contributed by atoms with van der Waals surface area (Å²) < 4.78 is 34.3. The Kier molecular flexibility index (Phi) is 14.6. The third-order valence-corrected chi connectivity index (χ3v) is 28.8. The Labute approximate surface area is 752 Å². The van der Waals surface area contributed by atoms with Crippen LogP contribution < -0.4 is 0 Å². The maximum Gasteiger partial charge on any atom is 0.238 e. The van der Waals surface area contributed by atoms with Gasteiger partial charge < -0.3 is 22.4 Å². The molecule has 14 heteroatoms. The zero-order valence-corrected chi connectivity index (χ0v) is 70.9. The average molecular weight is 1700 g/mol. The van der Waals surface area contributed by atoms with Crippen LogP contribution in [0.25, 0.3) is 296 Å². The van der Waals surface area contributed by atoms with Crippen molar-refractivity contribution in [3.8, 4) is 79.9 Å². The van der Waals surface area contributed by atoms with Crippen molar-refractivity contribution in [2.45, 2.75) is 0 Å². The van der Waals surface area contributed by atoms with Gasteiger partial charge in [-0.2, -0.15) is 19.9 Å². The summed E-state index contributed by atoms with van der Waals surface area (Å²) in [5.74, 6) is 2.80. The molecule has 0 saturated heterocycles. The first kappa shape index (κ1) is 71.4. The third kappa shape index (κ3) is 10.0. The Balaban J connectivity index is 0.697. The molecule has 0 spiro atoms. The molecule has 0 N–H and O–H groups in total. The lowest BCUT2D eigenvalue weighted by Crippen LogP contribution is -2.08. The summed E-state index contributed by atoms with van der Waals surface area (Å²) in [5, 5.41) is 24.8. The van der Waals surface area contributed by atoms with Crippen LogP contribution in [0.5, 0.6) is 0 Å². The van der Waals surface area contributed by atoms with Crippen molar-refractivity contribution in [1.82, 2.24) is 48.2 Å². The number of nitrogens with zero attached hydrogens (tertiary/aromatic N) is 10. The zero-order valence-electron chi connectivity index (χ0n) is 70.1. The van der Waals surface area contributed by atoms with E-state index < -0.39 is 0 Å². The highest BCUT2D eigenvalue weighted by atomic mass is 32.1. The second-order valence-corrected chi connectivity index (χ2v) is 35.6. The lowest BCUT2D eigenvalue weighted by molar-refractivity contribution is 0.665. The number of fused-ring (bicyclic) bond motifs is 29. The maximum atomic E-state index is 7.83. The van der Waals surface area contributed by atoms with Crippen LogP contribution in [0, 0.1) is 0 Å². The molecule has 0 bridgehead atoms. The Hall–Kier alpha value is -17.7. The minimum Gasteiger partial charge on any atom is -0.455 e. The van der Waals surface area contributed by atoms with Crippen LogP contribution in [0.4, 0.5) is 0 Å². The van der Waals surface area contributed by atoms with E-state index in [1.807, 2.05) is 0 Å². The van der Waals surface area contributed by atoms with Crippen molar-refractivity contribution in [3.05, 3.63) is 388 Å². The first-order chi connectivity index (χ1) is 65.5. The minimum atomic E-state index is 0.439. The van der Waals surface area contributed by atoms with Gasteiger partial charge in [-0.3, -0.25) is 9.13 Å². The molecule has 0 aliphatic carbocycles. The Morgan fingerprint density at radius 1 is 0.189 bits per heavy atom. The van der Waals surface area contributed by atoms with Crippen LogP contribution in [0.3, 0.4) is 0 Å². The summed E-state index contributed by atoms with van der Waals surface area (Å²) >= 11 is 1.78. The van der Waals surface area contributed by atoms with Crippen LogP contribution in [-0.2, 0) is 0 Å². The maximum absolute atomic E-state index is 7.83. The number of thiophene rings is 1. The second-order valence-electron chi connectivity index (χ2n) is 34.6. The summed E-state index contributed by atoms with van der Waals surface area (Å²) in [7, 11) is 0. The molecule has 0 radical (unpaired) electrons. The molecule has 0 unspecified atom stereocenters. The standard InChI is InChI=1S/C118H64N10O3S/c1-3-29-68-63-96-85(60-66(68)27-1)77-38-13-16-45-88(77)125(96)94-56-58-99-106(82-55-54-65-26-5-8-33-72(65)110(82)130-99)108(94)115-119-113(121-117(123-115)127-90-47-18-9-34-73(90)74-35-10-19-48-91(74)127)83-43-24-51-98-103(83)80-41-23-42-81(111(80)129-98)105-71-32-7-6-31-70(71)62-87-107-100(131-112(87)105)59-57-95(126-89-46-17-14-39-78(89)86-61-67-28-2-4-30-69(67)64-97(86)126)109(107)116-120-114(84-44-25-53-102-104(84)79-40-15-22-52-101(79)132-102)122-118(124-116)128-92-49-20-11-36-75(92)76-37-12-21-50-93(76)128/h1-64H. The molecule has 30 rings (SSSR count). The smallest absolute Gasteiger partial charge is 0.238 e. The highest BCUT2D eigenvalue weighted by Crippen LogP contribution is 2.53. The molecule has 0 saturated carbocycles. The number of hydrogen-bond donors (Lipinski definition) is 0. The van der Waals surface area contributed by atoms with Crippen LogP contribution in [0.15, 0.2) is 401 Å². The molecule has 0 aliphatic heterocycles. The van der Waals surface area contributed by atoms with Crippen molar-refractivity contribution < 1.29 is 13.3 Å². The van der Waals surface area contributed by atoms with Crippen LogP contribution in [0.2, 0.25) is 0 Å². The number of benzene rings is 20. The number of para-hydroxylation sites is 7. The fourth-order valence-electron chi connectivity index (χ4n) is 22.0. The fourth-order valence-corrected chi connectivity index (χ4v) is 23.2. The van der Waals surface area contributed by atoms with Gasteiger partial charge in [-0.05, 0) is 153 Å². The highest BCUT2D eigenvalue weighted by Gasteiger charge is 2.33.